The lowest BCUT2D eigenvalue weighted by molar-refractivity contribution is -0.124. The van der Waals surface area contributed by atoms with Crippen molar-refractivity contribution in [2.24, 2.45) is 4.99 Å². The van der Waals surface area contributed by atoms with Crippen molar-refractivity contribution in [1.29, 1.82) is 0 Å². The summed E-state index contributed by atoms with van der Waals surface area (Å²) in [6, 6.07) is 0.613. The Labute approximate surface area is 102 Å². The van der Waals surface area contributed by atoms with E-state index in [4.69, 9.17) is 0 Å². The van der Waals surface area contributed by atoms with Crippen LogP contribution < -0.4 is 16.0 Å². The third kappa shape index (κ3) is 4.22. The molecule has 6 nitrogen and oxygen atoms in total. The minimum Gasteiger partial charge on any atom is -0.355 e. The summed E-state index contributed by atoms with van der Waals surface area (Å²) in [6.45, 7) is 3.89. The number of amides is 1. The predicted octanol–water partition coefficient (Wildman–Crippen LogP) is -1.25. The van der Waals surface area contributed by atoms with E-state index in [1.807, 2.05) is 0 Å². The highest BCUT2D eigenvalue weighted by molar-refractivity contribution is 5.80. The van der Waals surface area contributed by atoms with Gasteiger partial charge in [-0.3, -0.25) is 14.7 Å². The maximum Gasteiger partial charge on any atom is 0.234 e. The second-order valence-electron chi connectivity index (χ2n) is 4.54. The molecule has 1 amide bonds. The van der Waals surface area contributed by atoms with Gasteiger partial charge in [-0.15, -0.1) is 0 Å². The Morgan fingerprint density at radius 3 is 3.06 bits per heavy atom. The van der Waals surface area contributed by atoms with Crippen LogP contribution in [0.1, 0.15) is 12.8 Å². The number of nitrogens with zero attached hydrogens (tertiary/aromatic N) is 2. The first-order valence-corrected chi connectivity index (χ1v) is 6.24. The molecule has 0 unspecified atom stereocenters. The van der Waals surface area contributed by atoms with E-state index in [9.17, 15) is 4.79 Å². The first-order chi connectivity index (χ1) is 8.28. The fraction of sp³-hybridized carbons (Fsp3) is 0.818. The van der Waals surface area contributed by atoms with Crippen LogP contribution in [0.2, 0.25) is 0 Å². The third-order valence-electron chi connectivity index (χ3n) is 2.98. The molecule has 0 radical (unpaired) electrons. The average Bonchev–Trinajstić information content (AvgIpc) is 3.12. The number of carbonyl (C=O) groups excluding carboxylic acids is 1. The smallest absolute Gasteiger partial charge is 0.234 e. The fourth-order valence-electron chi connectivity index (χ4n) is 1.83. The summed E-state index contributed by atoms with van der Waals surface area (Å²) < 4.78 is 0. The van der Waals surface area contributed by atoms with Gasteiger partial charge in [-0.05, 0) is 12.8 Å². The van der Waals surface area contributed by atoms with Crippen molar-refractivity contribution >= 4 is 11.9 Å². The molecule has 3 N–H and O–H groups in total. The van der Waals surface area contributed by atoms with Crippen LogP contribution in [0, 0.1) is 0 Å². The number of piperazine rings is 1. The number of hydrogen-bond acceptors (Lipinski definition) is 3. The van der Waals surface area contributed by atoms with Crippen molar-refractivity contribution < 1.29 is 4.79 Å². The highest BCUT2D eigenvalue weighted by Gasteiger charge is 2.22. The fourth-order valence-corrected chi connectivity index (χ4v) is 1.83. The molecule has 1 aliphatic carbocycles. The molecule has 2 aliphatic rings. The zero-order chi connectivity index (χ0) is 12.1. The van der Waals surface area contributed by atoms with E-state index in [0.717, 1.165) is 32.1 Å². The Balaban J connectivity index is 1.62. The van der Waals surface area contributed by atoms with Gasteiger partial charge in [0, 0.05) is 39.3 Å². The quantitative estimate of drug-likeness (QED) is 0.423. The van der Waals surface area contributed by atoms with Crippen molar-refractivity contribution in [1.82, 2.24) is 20.9 Å². The van der Waals surface area contributed by atoms with Gasteiger partial charge in [0.25, 0.3) is 0 Å². The SMILES string of the molecule is CN=C(NCCN1CCNC(=O)C1)NC1CC1. The molecule has 0 aromatic rings. The van der Waals surface area contributed by atoms with Gasteiger partial charge in [0.15, 0.2) is 5.96 Å². The van der Waals surface area contributed by atoms with Gasteiger partial charge in [0.1, 0.15) is 0 Å². The van der Waals surface area contributed by atoms with E-state index in [-0.39, 0.29) is 5.91 Å². The number of rotatable bonds is 4. The molecule has 2 fully saturated rings. The lowest BCUT2D eigenvalue weighted by Crippen LogP contribution is -2.50. The second-order valence-corrected chi connectivity index (χ2v) is 4.54. The molecule has 96 valence electrons. The summed E-state index contributed by atoms with van der Waals surface area (Å²) in [5.74, 6) is 0.991. The van der Waals surface area contributed by atoms with Gasteiger partial charge in [0.2, 0.25) is 5.91 Å². The molecule has 6 heteroatoms. The zero-order valence-electron chi connectivity index (χ0n) is 10.3. The van der Waals surface area contributed by atoms with Crippen LogP contribution in [-0.2, 0) is 4.79 Å². The Morgan fingerprint density at radius 1 is 1.59 bits per heavy atom. The lowest BCUT2D eigenvalue weighted by Gasteiger charge is -2.26. The van der Waals surface area contributed by atoms with Gasteiger partial charge in [0.05, 0.1) is 6.54 Å². The number of carbonyl (C=O) groups is 1. The maximum atomic E-state index is 11.2. The summed E-state index contributed by atoms with van der Waals surface area (Å²) in [7, 11) is 1.78. The van der Waals surface area contributed by atoms with Crippen LogP contribution in [0.5, 0.6) is 0 Å². The van der Waals surface area contributed by atoms with Crippen LogP contribution in [0.3, 0.4) is 0 Å². The molecular formula is C11H21N5O. The molecule has 1 saturated heterocycles. The lowest BCUT2D eigenvalue weighted by atomic mass is 10.3. The van der Waals surface area contributed by atoms with E-state index in [2.05, 4.69) is 25.8 Å². The van der Waals surface area contributed by atoms with Crippen LogP contribution in [0.4, 0.5) is 0 Å². The van der Waals surface area contributed by atoms with Gasteiger partial charge in [-0.2, -0.15) is 0 Å². The van der Waals surface area contributed by atoms with E-state index >= 15 is 0 Å². The zero-order valence-corrected chi connectivity index (χ0v) is 10.3. The monoisotopic (exact) mass is 239 g/mol. The number of hydrogen-bond donors (Lipinski definition) is 3. The van der Waals surface area contributed by atoms with Gasteiger partial charge >= 0.3 is 0 Å². The van der Waals surface area contributed by atoms with E-state index in [1.54, 1.807) is 7.05 Å². The number of aliphatic imine (C=N–C) groups is 1. The molecule has 0 aromatic heterocycles. The van der Waals surface area contributed by atoms with Crippen molar-refractivity contribution in [3.63, 3.8) is 0 Å². The van der Waals surface area contributed by atoms with Gasteiger partial charge in [-0.1, -0.05) is 0 Å². The number of nitrogens with one attached hydrogen (secondary N) is 3. The molecule has 0 atom stereocenters. The van der Waals surface area contributed by atoms with Crippen LogP contribution in [0.25, 0.3) is 0 Å². The van der Waals surface area contributed by atoms with Crippen molar-refractivity contribution in [3.05, 3.63) is 0 Å². The van der Waals surface area contributed by atoms with Gasteiger partial charge in [-0.25, -0.2) is 0 Å². The van der Waals surface area contributed by atoms with Crippen molar-refractivity contribution in [2.75, 3.05) is 39.8 Å². The standard InChI is InChI=1S/C11H21N5O/c1-12-11(15-9-2-3-9)14-5-7-16-6-4-13-10(17)8-16/h9H,2-8H2,1H3,(H,13,17)(H2,12,14,15). The Kier molecular flexibility index (Phi) is 4.19. The largest absolute Gasteiger partial charge is 0.355 e. The highest BCUT2D eigenvalue weighted by Crippen LogP contribution is 2.18. The van der Waals surface area contributed by atoms with Gasteiger partial charge < -0.3 is 16.0 Å². The van der Waals surface area contributed by atoms with Crippen LogP contribution in [0.15, 0.2) is 4.99 Å². The number of guanidine groups is 1. The summed E-state index contributed by atoms with van der Waals surface area (Å²) >= 11 is 0. The molecule has 17 heavy (non-hydrogen) atoms. The van der Waals surface area contributed by atoms with E-state index in [1.165, 1.54) is 12.8 Å². The average molecular weight is 239 g/mol. The third-order valence-corrected chi connectivity index (χ3v) is 2.98. The predicted molar refractivity (Wildman–Crippen MR) is 67.0 cm³/mol. The molecule has 2 rings (SSSR count). The molecule has 1 saturated carbocycles. The minimum atomic E-state index is 0.122. The molecule has 0 bridgehead atoms. The maximum absolute atomic E-state index is 11.2. The molecule has 1 aliphatic heterocycles. The first kappa shape index (κ1) is 12.2. The molecule has 0 spiro atoms. The Bertz CT molecular complexity index is 300. The second kappa shape index (κ2) is 5.86. The van der Waals surface area contributed by atoms with Crippen LogP contribution in [-0.4, -0.2) is 62.6 Å². The van der Waals surface area contributed by atoms with Crippen LogP contribution >= 0.6 is 0 Å². The summed E-state index contributed by atoms with van der Waals surface area (Å²) in [6.07, 6.45) is 2.49. The Hall–Kier alpha value is -1.30. The summed E-state index contributed by atoms with van der Waals surface area (Å²) in [5, 5.41) is 9.42. The molecular weight excluding hydrogens is 218 g/mol. The summed E-state index contributed by atoms with van der Waals surface area (Å²) in [5.41, 5.74) is 0. The highest BCUT2D eigenvalue weighted by atomic mass is 16.2. The Morgan fingerprint density at radius 2 is 2.41 bits per heavy atom. The topological polar surface area (TPSA) is 68.8 Å². The summed E-state index contributed by atoms with van der Waals surface area (Å²) in [4.78, 5) is 17.5. The minimum absolute atomic E-state index is 0.122. The van der Waals surface area contributed by atoms with E-state index < -0.39 is 0 Å². The van der Waals surface area contributed by atoms with Crippen molar-refractivity contribution in [2.45, 2.75) is 18.9 Å². The molecule has 0 aromatic carbocycles. The molecule has 1 heterocycles. The van der Waals surface area contributed by atoms with Crippen molar-refractivity contribution in [3.8, 4) is 0 Å². The first-order valence-electron chi connectivity index (χ1n) is 6.24. The van der Waals surface area contributed by atoms with E-state index in [0.29, 0.717) is 12.6 Å². The normalized spacial score (nSPS) is 22.2.